The molecule has 1 spiro atoms. The first-order valence-corrected chi connectivity index (χ1v) is 10.4. The van der Waals surface area contributed by atoms with E-state index in [2.05, 4.69) is 7.85 Å². The lowest BCUT2D eigenvalue weighted by molar-refractivity contribution is -0.651. The lowest BCUT2D eigenvalue weighted by atomic mass is 9.45. The van der Waals surface area contributed by atoms with Crippen LogP contribution in [0.25, 0.3) is 0 Å². The molecule has 1 aliphatic heterocycles. The van der Waals surface area contributed by atoms with E-state index in [1.54, 1.807) is 0 Å². The number of halogens is 3. The molecule has 3 atom stereocenters. The van der Waals surface area contributed by atoms with E-state index in [0.717, 1.165) is 63.2 Å². The van der Waals surface area contributed by atoms with Crippen molar-refractivity contribution >= 4 is 7.85 Å². The first kappa shape index (κ1) is 17.8. The predicted octanol–water partition coefficient (Wildman–Crippen LogP) is 4.03. The van der Waals surface area contributed by atoms with Crippen LogP contribution in [0.2, 0.25) is 5.82 Å². The van der Waals surface area contributed by atoms with Gasteiger partial charge in [-0.2, -0.15) is 18.1 Å². The Balaban J connectivity index is 1.50. The van der Waals surface area contributed by atoms with Crippen LogP contribution in [0.3, 0.4) is 0 Å². The van der Waals surface area contributed by atoms with Crippen molar-refractivity contribution in [3.63, 3.8) is 0 Å². The maximum Gasteiger partial charge on any atom is 0.411 e. The van der Waals surface area contributed by atoms with Crippen molar-refractivity contribution < 1.29 is 27.7 Å². The molecular formula is C19H28BF3O3. The number of alkyl halides is 3. The van der Waals surface area contributed by atoms with Gasteiger partial charge in [-0.1, -0.05) is 18.7 Å². The van der Waals surface area contributed by atoms with Crippen molar-refractivity contribution in [2.75, 3.05) is 6.61 Å². The van der Waals surface area contributed by atoms with Gasteiger partial charge in [0.15, 0.2) is 5.60 Å². The fourth-order valence-corrected chi connectivity index (χ4v) is 7.42. The lowest BCUT2D eigenvalue weighted by Crippen LogP contribution is -2.81. The average Bonchev–Trinajstić information content (AvgIpc) is 2.52. The summed E-state index contributed by atoms with van der Waals surface area (Å²) in [7, 11) is 2.19. The third-order valence-electron chi connectivity index (χ3n) is 8.12. The van der Waals surface area contributed by atoms with Gasteiger partial charge in [-0.3, -0.25) is 0 Å². The van der Waals surface area contributed by atoms with Crippen LogP contribution in [-0.2, 0) is 14.5 Å². The first-order chi connectivity index (χ1) is 12.3. The van der Waals surface area contributed by atoms with Gasteiger partial charge in [0.1, 0.15) is 14.5 Å². The molecule has 3 unspecified atom stereocenters. The molecule has 7 heteroatoms. The molecule has 0 N–H and O–H groups in total. The van der Waals surface area contributed by atoms with Gasteiger partial charge in [-0.15, -0.1) is 0 Å². The zero-order valence-corrected chi connectivity index (χ0v) is 15.4. The number of ether oxygens (including phenoxy) is 1. The molecule has 5 saturated carbocycles. The van der Waals surface area contributed by atoms with Crippen molar-refractivity contribution in [1.29, 1.82) is 0 Å². The van der Waals surface area contributed by atoms with Gasteiger partial charge < -0.3 is 4.74 Å². The molecule has 0 aromatic rings. The van der Waals surface area contributed by atoms with Gasteiger partial charge in [-0.25, -0.2) is 4.89 Å². The van der Waals surface area contributed by atoms with Gasteiger partial charge in [0.25, 0.3) is 0 Å². The number of rotatable bonds is 3. The maximum atomic E-state index is 13.1. The average molecular weight is 372 g/mol. The van der Waals surface area contributed by atoms with Crippen LogP contribution in [0.15, 0.2) is 0 Å². The van der Waals surface area contributed by atoms with Crippen molar-refractivity contribution in [2.24, 2.45) is 29.6 Å². The highest BCUT2D eigenvalue weighted by Gasteiger charge is 2.78. The van der Waals surface area contributed by atoms with Crippen LogP contribution >= 0.6 is 0 Å². The minimum Gasteiger partial charge on any atom is -0.335 e. The Morgan fingerprint density at radius 3 is 2.04 bits per heavy atom. The van der Waals surface area contributed by atoms with E-state index in [9.17, 15) is 13.2 Å². The van der Waals surface area contributed by atoms with Crippen molar-refractivity contribution in [1.82, 2.24) is 0 Å². The predicted molar refractivity (Wildman–Crippen MR) is 90.9 cm³/mol. The van der Waals surface area contributed by atoms with Crippen LogP contribution in [0.1, 0.15) is 57.8 Å². The second-order valence-electron chi connectivity index (χ2n) is 9.80. The highest BCUT2D eigenvalue weighted by atomic mass is 19.4. The van der Waals surface area contributed by atoms with Gasteiger partial charge in [0, 0.05) is 5.92 Å². The summed E-state index contributed by atoms with van der Waals surface area (Å²) in [5.74, 6) is 1.32. The molecule has 6 aliphatic rings. The zero-order chi connectivity index (χ0) is 18.2. The topological polar surface area (TPSA) is 27.7 Å². The quantitative estimate of drug-likeness (QED) is 0.553. The third kappa shape index (κ3) is 2.45. The van der Waals surface area contributed by atoms with Crippen molar-refractivity contribution in [2.45, 2.75) is 81.2 Å². The van der Waals surface area contributed by atoms with E-state index in [0.29, 0.717) is 5.82 Å². The first-order valence-electron chi connectivity index (χ1n) is 10.4. The van der Waals surface area contributed by atoms with Gasteiger partial charge >= 0.3 is 6.18 Å². The van der Waals surface area contributed by atoms with Gasteiger partial charge in [-0.05, 0) is 68.6 Å². The second-order valence-corrected chi connectivity index (χ2v) is 9.80. The normalized spacial score (nSPS) is 53.0. The largest absolute Gasteiger partial charge is 0.411 e. The molecule has 0 radical (unpaired) electrons. The van der Waals surface area contributed by atoms with E-state index >= 15 is 0 Å². The Hall–Kier alpha value is -0.265. The van der Waals surface area contributed by atoms with Gasteiger partial charge in [0.2, 0.25) is 5.79 Å². The fraction of sp³-hybridized carbons (Fsp3) is 1.00. The molecule has 1 saturated heterocycles. The summed E-state index contributed by atoms with van der Waals surface area (Å²) in [6.07, 6.45) is 5.12. The summed E-state index contributed by atoms with van der Waals surface area (Å²) in [6, 6.07) is 0. The molecular weight excluding hydrogens is 344 g/mol. The molecule has 6 fully saturated rings. The van der Waals surface area contributed by atoms with Crippen LogP contribution in [-0.4, -0.2) is 32.0 Å². The standard InChI is InChI=1S/C19H28BF3O3/c20-16-3-1-2-13(9-16)19(24-10-17(21,22)23)18(25-26-19)14-5-11-4-12(7-14)8-15(18)6-11/h11-16H,1-10,20H2. The van der Waals surface area contributed by atoms with Crippen LogP contribution < -0.4 is 0 Å². The summed E-state index contributed by atoms with van der Waals surface area (Å²) in [5, 5.41) is 0. The summed E-state index contributed by atoms with van der Waals surface area (Å²) in [4.78, 5) is 11.5. The molecule has 0 aromatic carbocycles. The van der Waals surface area contributed by atoms with E-state index in [1.807, 2.05) is 0 Å². The van der Waals surface area contributed by atoms with Crippen molar-refractivity contribution in [3.8, 4) is 0 Å². The summed E-state index contributed by atoms with van der Waals surface area (Å²) in [5.41, 5.74) is -0.645. The number of hydrogen-bond acceptors (Lipinski definition) is 3. The Labute approximate surface area is 153 Å². The Morgan fingerprint density at radius 1 is 0.885 bits per heavy atom. The third-order valence-corrected chi connectivity index (χ3v) is 8.12. The summed E-state index contributed by atoms with van der Waals surface area (Å²) in [6.45, 7) is -1.24. The Kier molecular flexibility index (Phi) is 4.02. The Morgan fingerprint density at radius 2 is 1.54 bits per heavy atom. The monoisotopic (exact) mass is 372 g/mol. The molecule has 0 amide bonds. The van der Waals surface area contributed by atoms with Crippen molar-refractivity contribution in [3.05, 3.63) is 0 Å². The molecule has 26 heavy (non-hydrogen) atoms. The zero-order valence-electron chi connectivity index (χ0n) is 15.4. The van der Waals surface area contributed by atoms with E-state index < -0.39 is 24.2 Å². The molecule has 146 valence electrons. The fourth-order valence-electron chi connectivity index (χ4n) is 7.42. The highest BCUT2D eigenvalue weighted by molar-refractivity contribution is 6.11. The van der Waals surface area contributed by atoms with Crippen LogP contribution in [0, 0.1) is 29.6 Å². The maximum absolute atomic E-state index is 13.1. The molecule has 6 rings (SSSR count). The molecule has 5 aliphatic carbocycles. The van der Waals surface area contributed by atoms with Crippen LogP contribution in [0.4, 0.5) is 13.2 Å². The SMILES string of the molecule is BC1CCCC(C2(OCC(F)(F)F)OOC23C2CC4CC(C2)CC3C4)C1. The molecule has 4 bridgehead atoms. The molecule has 0 aromatic heterocycles. The van der Waals surface area contributed by atoms with E-state index in [4.69, 9.17) is 14.5 Å². The minimum absolute atomic E-state index is 0.000114. The Bertz CT molecular complexity index is 541. The van der Waals surface area contributed by atoms with E-state index in [1.165, 1.54) is 6.42 Å². The highest BCUT2D eigenvalue weighted by Crippen LogP contribution is 2.69. The van der Waals surface area contributed by atoms with Gasteiger partial charge in [0.05, 0.1) is 0 Å². The lowest BCUT2D eigenvalue weighted by Gasteiger charge is -2.70. The summed E-state index contributed by atoms with van der Waals surface area (Å²) < 4.78 is 45.0. The van der Waals surface area contributed by atoms with Crippen LogP contribution in [0.5, 0.6) is 0 Å². The smallest absolute Gasteiger partial charge is 0.335 e. The van der Waals surface area contributed by atoms with E-state index in [-0.39, 0.29) is 17.8 Å². The number of hydrogen-bond donors (Lipinski definition) is 0. The second kappa shape index (κ2) is 5.87. The summed E-state index contributed by atoms with van der Waals surface area (Å²) >= 11 is 0. The minimum atomic E-state index is -4.35. The molecule has 1 heterocycles. The molecule has 3 nitrogen and oxygen atoms in total.